The summed E-state index contributed by atoms with van der Waals surface area (Å²) in [5.74, 6) is 5.53. The van der Waals surface area contributed by atoms with Crippen LogP contribution in [0.15, 0.2) is 11.8 Å². The van der Waals surface area contributed by atoms with Gasteiger partial charge in [0.25, 0.3) is 0 Å². The van der Waals surface area contributed by atoms with Crippen molar-refractivity contribution in [2.75, 3.05) is 20.7 Å². The number of alkyl carbamates (subject to hydrolysis) is 1. The predicted octanol–water partition coefficient (Wildman–Crippen LogP) is 1.64. The lowest BCUT2D eigenvalue weighted by atomic mass is 10.2. The van der Waals surface area contributed by atoms with Crippen molar-refractivity contribution in [1.29, 1.82) is 0 Å². The van der Waals surface area contributed by atoms with E-state index in [0.29, 0.717) is 11.4 Å². The van der Waals surface area contributed by atoms with E-state index in [2.05, 4.69) is 10.3 Å². The fourth-order valence-corrected chi connectivity index (χ4v) is 2.77. The summed E-state index contributed by atoms with van der Waals surface area (Å²) in [6.45, 7) is 1.51. The van der Waals surface area contributed by atoms with Gasteiger partial charge in [0, 0.05) is 20.2 Å². The number of nitrogens with zero attached hydrogens (tertiary/aromatic N) is 2. The predicted molar refractivity (Wildman–Crippen MR) is 95.3 cm³/mol. The van der Waals surface area contributed by atoms with Crippen molar-refractivity contribution in [3.05, 3.63) is 29.0 Å². The summed E-state index contributed by atoms with van der Waals surface area (Å²) < 4.78 is 25.4. The summed E-state index contributed by atoms with van der Waals surface area (Å²) in [6.07, 6.45) is 3.60. The van der Waals surface area contributed by atoms with E-state index in [1.807, 2.05) is 0 Å². The number of ether oxygens (including phenoxy) is 2. The van der Waals surface area contributed by atoms with Gasteiger partial charge in [0.2, 0.25) is 0 Å². The molecule has 0 atom stereocenters. The topological polar surface area (TPSA) is 116 Å². The molecular weight excluding hydrogens is 341 g/mol. The van der Waals surface area contributed by atoms with E-state index in [1.165, 1.54) is 20.2 Å². The first kappa shape index (κ1) is 19.8. The number of nitrogens with one attached hydrogen (secondary N) is 1. The van der Waals surface area contributed by atoms with Crippen LogP contribution < -0.4 is 21.6 Å². The Morgan fingerprint density at radius 3 is 2.69 bits per heavy atom. The molecule has 0 bridgehead atoms. The molecule has 8 nitrogen and oxygen atoms in total. The Kier molecular flexibility index (Phi) is 6.62. The zero-order valence-corrected chi connectivity index (χ0v) is 15.3. The molecule has 0 saturated heterocycles. The van der Waals surface area contributed by atoms with E-state index in [1.54, 1.807) is 6.92 Å². The van der Waals surface area contributed by atoms with Crippen molar-refractivity contribution in [2.45, 2.75) is 38.7 Å². The molecule has 1 aliphatic rings. The van der Waals surface area contributed by atoms with Crippen LogP contribution in [-0.2, 0) is 4.74 Å². The van der Waals surface area contributed by atoms with Gasteiger partial charge in [-0.25, -0.2) is 20.0 Å². The van der Waals surface area contributed by atoms with Crippen LogP contribution in [0.1, 0.15) is 37.1 Å². The van der Waals surface area contributed by atoms with Crippen molar-refractivity contribution >= 4 is 11.8 Å². The molecule has 0 spiro atoms. The van der Waals surface area contributed by atoms with E-state index >= 15 is 0 Å². The Morgan fingerprint density at radius 2 is 2.12 bits per heavy atom. The second-order valence-electron chi connectivity index (χ2n) is 6.22. The number of amides is 1. The standard InChI is InChI=1S/C17H26FN5O3/c1-10-14(26-11-6-4-5-7-11)8-12(18)16(22-10)15(19)13(23(3)20)9-25-17(24)21-2/h8,11H,4-7,9,19-20H2,1-3H3,(H,21,24)/b15-13-. The fourth-order valence-electron chi connectivity index (χ4n) is 2.77. The highest BCUT2D eigenvalue weighted by Crippen LogP contribution is 2.28. The van der Waals surface area contributed by atoms with Gasteiger partial charge in [-0.05, 0) is 32.6 Å². The van der Waals surface area contributed by atoms with E-state index in [-0.39, 0.29) is 29.8 Å². The second-order valence-corrected chi connectivity index (χ2v) is 6.22. The number of aryl methyl sites for hydroxylation is 1. The Morgan fingerprint density at radius 1 is 1.46 bits per heavy atom. The van der Waals surface area contributed by atoms with Crippen LogP contribution in [0.5, 0.6) is 5.75 Å². The van der Waals surface area contributed by atoms with Crippen LogP contribution in [0.3, 0.4) is 0 Å². The minimum atomic E-state index is -0.651. The summed E-state index contributed by atoms with van der Waals surface area (Å²) in [7, 11) is 2.94. The molecule has 0 aromatic carbocycles. The van der Waals surface area contributed by atoms with Crippen molar-refractivity contribution in [2.24, 2.45) is 11.6 Å². The SMILES string of the molecule is CNC(=O)OC/C(=C(/N)c1nc(C)c(OC2CCCC2)cc1F)N(C)N. The molecule has 9 heteroatoms. The Balaban J connectivity index is 2.28. The number of carbonyl (C=O) groups is 1. The molecule has 1 aliphatic carbocycles. The van der Waals surface area contributed by atoms with E-state index in [9.17, 15) is 9.18 Å². The maximum Gasteiger partial charge on any atom is 0.407 e. The largest absolute Gasteiger partial charge is 0.488 e. The summed E-state index contributed by atoms with van der Waals surface area (Å²) >= 11 is 0. The number of likely N-dealkylation sites (N-methyl/N-ethyl adjacent to an activating group) is 1. The van der Waals surface area contributed by atoms with Gasteiger partial charge in [0.15, 0.2) is 5.82 Å². The van der Waals surface area contributed by atoms with Gasteiger partial charge < -0.3 is 25.5 Å². The maximum atomic E-state index is 14.6. The Labute approximate surface area is 152 Å². The first-order valence-corrected chi connectivity index (χ1v) is 8.49. The van der Waals surface area contributed by atoms with Gasteiger partial charge in [0.1, 0.15) is 18.1 Å². The number of hydrogen-bond donors (Lipinski definition) is 3. The zero-order valence-electron chi connectivity index (χ0n) is 15.3. The Bertz CT molecular complexity index is 687. The lowest BCUT2D eigenvalue weighted by Gasteiger charge is -2.20. The molecule has 1 aromatic heterocycles. The third-order valence-electron chi connectivity index (χ3n) is 4.25. The van der Waals surface area contributed by atoms with Crippen molar-refractivity contribution < 1.29 is 18.7 Å². The average Bonchev–Trinajstić information content (AvgIpc) is 3.10. The molecule has 1 saturated carbocycles. The van der Waals surface area contributed by atoms with E-state index in [4.69, 9.17) is 21.1 Å². The average molecular weight is 367 g/mol. The van der Waals surface area contributed by atoms with Crippen molar-refractivity contribution in [3.8, 4) is 5.75 Å². The van der Waals surface area contributed by atoms with Crippen LogP contribution >= 0.6 is 0 Å². The normalized spacial score (nSPS) is 15.4. The number of pyridine rings is 1. The molecule has 1 heterocycles. The minimum absolute atomic E-state index is 0.00748. The van der Waals surface area contributed by atoms with Crippen LogP contribution in [0.25, 0.3) is 5.70 Å². The smallest absolute Gasteiger partial charge is 0.407 e. The molecule has 1 aromatic rings. The van der Waals surface area contributed by atoms with Gasteiger partial charge in [0.05, 0.1) is 23.2 Å². The first-order valence-electron chi connectivity index (χ1n) is 8.49. The molecule has 2 rings (SSSR count). The van der Waals surface area contributed by atoms with E-state index in [0.717, 1.165) is 30.7 Å². The van der Waals surface area contributed by atoms with Crippen molar-refractivity contribution in [1.82, 2.24) is 15.3 Å². The number of nitrogens with two attached hydrogens (primary N) is 2. The lowest BCUT2D eigenvalue weighted by molar-refractivity contribution is 0.150. The van der Waals surface area contributed by atoms with Crippen LogP contribution in [-0.4, -0.2) is 42.9 Å². The highest BCUT2D eigenvalue weighted by molar-refractivity contribution is 5.68. The number of halogens is 1. The summed E-state index contributed by atoms with van der Waals surface area (Å²) in [5, 5.41) is 3.47. The fraction of sp³-hybridized carbons (Fsp3) is 0.529. The molecule has 0 unspecified atom stereocenters. The molecular formula is C17H26FN5O3. The third-order valence-corrected chi connectivity index (χ3v) is 4.25. The number of hydrazine groups is 1. The van der Waals surface area contributed by atoms with Gasteiger partial charge in [-0.2, -0.15) is 0 Å². The first-order chi connectivity index (χ1) is 12.3. The zero-order chi connectivity index (χ0) is 19.3. The van der Waals surface area contributed by atoms with Gasteiger partial charge in [-0.1, -0.05) is 0 Å². The second kappa shape index (κ2) is 8.70. The van der Waals surface area contributed by atoms with Gasteiger partial charge in [-0.15, -0.1) is 0 Å². The number of hydrogen-bond acceptors (Lipinski definition) is 7. The highest BCUT2D eigenvalue weighted by atomic mass is 19.1. The molecule has 1 fully saturated rings. The maximum absolute atomic E-state index is 14.6. The van der Waals surface area contributed by atoms with E-state index < -0.39 is 11.9 Å². The Hall–Kier alpha value is -2.55. The number of rotatable bonds is 6. The van der Waals surface area contributed by atoms with Crippen LogP contribution in [0, 0.1) is 12.7 Å². The van der Waals surface area contributed by atoms with Crippen LogP contribution in [0.4, 0.5) is 9.18 Å². The van der Waals surface area contributed by atoms with Crippen molar-refractivity contribution in [3.63, 3.8) is 0 Å². The summed E-state index contributed by atoms with van der Waals surface area (Å²) in [6, 6.07) is 1.29. The molecule has 5 N–H and O–H groups in total. The summed E-state index contributed by atoms with van der Waals surface area (Å²) in [5.41, 5.74) is 6.74. The quantitative estimate of drug-likeness (QED) is 0.517. The lowest BCUT2D eigenvalue weighted by Crippen LogP contribution is -2.32. The number of aromatic nitrogens is 1. The van der Waals surface area contributed by atoms with Gasteiger partial charge in [-0.3, -0.25) is 0 Å². The minimum Gasteiger partial charge on any atom is -0.488 e. The molecule has 26 heavy (non-hydrogen) atoms. The van der Waals surface area contributed by atoms with Gasteiger partial charge >= 0.3 is 6.09 Å². The molecule has 144 valence electrons. The number of carbonyl (C=O) groups excluding carboxylic acids is 1. The summed E-state index contributed by atoms with van der Waals surface area (Å²) in [4.78, 5) is 15.5. The molecule has 0 aliphatic heterocycles. The van der Waals surface area contributed by atoms with Crippen LogP contribution in [0.2, 0.25) is 0 Å². The highest BCUT2D eigenvalue weighted by Gasteiger charge is 2.21. The molecule has 0 radical (unpaired) electrons. The molecule has 1 amide bonds. The monoisotopic (exact) mass is 367 g/mol. The third kappa shape index (κ3) is 4.75.